The summed E-state index contributed by atoms with van der Waals surface area (Å²) in [5.41, 5.74) is 4.48. The lowest BCUT2D eigenvalue weighted by Gasteiger charge is -2.35. The molecule has 4 aromatic rings. The smallest absolute Gasteiger partial charge is 0.419 e. The van der Waals surface area contributed by atoms with Crippen molar-refractivity contribution in [2.24, 2.45) is 0 Å². The van der Waals surface area contributed by atoms with E-state index >= 15 is 0 Å². The second kappa shape index (κ2) is 6.69. The molecule has 0 amide bonds. The average Bonchev–Trinajstić information content (AvgIpc) is 3.29. The maximum atomic E-state index is 12.3. The van der Waals surface area contributed by atoms with E-state index in [1.165, 1.54) is 0 Å². The third-order valence-electron chi connectivity index (χ3n) is 5.40. The normalized spacial score (nSPS) is 17.1. The SMILES string of the molecule is O=c1oc2ccccc2n1CCN1CCc2[nH]cnc2[C@H]1c1cccc(O)c1. The zero-order chi connectivity index (χ0) is 19.1. The van der Waals surface area contributed by atoms with Gasteiger partial charge in [-0.3, -0.25) is 9.47 Å². The Kier molecular flexibility index (Phi) is 4.02. The number of hydrogen-bond donors (Lipinski definition) is 2. The number of aromatic hydroxyl groups is 1. The number of oxazole rings is 1. The van der Waals surface area contributed by atoms with E-state index < -0.39 is 0 Å². The van der Waals surface area contributed by atoms with Crippen molar-refractivity contribution in [3.8, 4) is 5.75 Å². The minimum Gasteiger partial charge on any atom is -0.508 e. The van der Waals surface area contributed by atoms with Crippen molar-refractivity contribution in [2.45, 2.75) is 19.0 Å². The molecule has 1 aliphatic heterocycles. The molecule has 1 atom stereocenters. The van der Waals surface area contributed by atoms with Crippen molar-refractivity contribution in [1.29, 1.82) is 0 Å². The molecule has 5 rings (SSSR count). The second-order valence-corrected chi connectivity index (χ2v) is 7.04. The van der Waals surface area contributed by atoms with Crippen molar-refractivity contribution >= 4 is 11.1 Å². The van der Waals surface area contributed by atoms with Gasteiger partial charge in [0.1, 0.15) is 5.75 Å². The highest BCUT2D eigenvalue weighted by Gasteiger charge is 2.31. The van der Waals surface area contributed by atoms with Crippen LogP contribution in [0.3, 0.4) is 0 Å². The monoisotopic (exact) mass is 376 g/mol. The van der Waals surface area contributed by atoms with Gasteiger partial charge in [-0.2, -0.15) is 0 Å². The van der Waals surface area contributed by atoms with Crippen molar-refractivity contribution in [1.82, 2.24) is 19.4 Å². The van der Waals surface area contributed by atoms with E-state index in [0.29, 0.717) is 18.7 Å². The number of fused-ring (bicyclic) bond motifs is 2. The molecule has 0 spiro atoms. The lowest BCUT2D eigenvalue weighted by molar-refractivity contribution is 0.200. The van der Waals surface area contributed by atoms with E-state index in [-0.39, 0.29) is 17.5 Å². The van der Waals surface area contributed by atoms with Gasteiger partial charge in [0.05, 0.1) is 23.6 Å². The van der Waals surface area contributed by atoms with Gasteiger partial charge in [0, 0.05) is 31.7 Å². The summed E-state index contributed by atoms with van der Waals surface area (Å²) in [7, 11) is 0. The Labute approximate surface area is 160 Å². The summed E-state index contributed by atoms with van der Waals surface area (Å²) in [4.78, 5) is 22.4. The largest absolute Gasteiger partial charge is 0.508 e. The van der Waals surface area contributed by atoms with Gasteiger partial charge in [0.2, 0.25) is 0 Å². The number of nitrogens with one attached hydrogen (secondary N) is 1. The first-order valence-electron chi connectivity index (χ1n) is 9.34. The molecule has 1 aliphatic rings. The average molecular weight is 376 g/mol. The Balaban J connectivity index is 1.48. The first-order valence-corrected chi connectivity index (χ1v) is 9.34. The van der Waals surface area contributed by atoms with Gasteiger partial charge < -0.3 is 14.5 Å². The summed E-state index contributed by atoms with van der Waals surface area (Å²) in [6.07, 6.45) is 2.59. The third kappa shape index (κ3) is 2.80. The van der Waals surface area contributed by atoms with Gasteiger partial charge >= 0.3 is 5.76 Å². The zero-order valence-electron chi connectivity index (χ0n) is 15.2. The van der Waals surface area contributed by atoms with Crippen LogP contribution >= 0.6 is 0 Å². The summed E-state index contributed by atoms with van der Waals surface area (Å²) in [6.45, 7) is 2.01. The molecule has 0 saturated heterocycles. The maximum Gasteiger partial charge on any atom is 0.419 e. The highest BCUT2D eigenvalue weighted by atomic mass is 16.4. The second-order valence-electron chi connectivity index (χ2n) is 7.04. The molecule has 2 N–H and O–H groups in total. The molecule has 0 radical (unpaired) electrons. The number of rotatable bonds is 4. The quantitative estimate of drug-likeness (QED) is 0.572. The molecule has 28 heavy (non-hydrogen) atoms. The molecule has 2 aromatic heterocycles. The fourth-order valence-electron chi connectivity index (χ4n) is 4.08. The minimum atomic E-state index is -0.340. The van der Waals surface area contributed by atoms with Crippen LogP contribution < -0.4 is 5.76 Å². The summed E-state index contributed by atoms with van der Waals surface area (Å²) in [5, 5.41) is 9.96. The van der Waals surface area contributed by atoms with Gasteiger partial charge in [-0.1, -0.05) is 24.3 Å². The molecular formula is C21H20N4O3. The molecule has 0 aliphatic carbocycles. The number of H-pyrrole nitrogens is 1. The number of para-hydroxylation sites is 2. The molecule has 7 nitrogen and oxygen atoms in total. The standard InChI is InChI=1S/C21H20N4O3/c26-15-5-3-4-14(12-15)20-19-16(22-13-23-19)8-9-24(20)10-11-25-17-6-1-2-7-18(17)28-21(25)27/h1-7,12-13,20,26H,8-11H2,(H,22,23)/t20-/m1/s1. The summed E-state index contributed by atoms with van der Waals surface area (Å²) < 4.78 is 7.02. The van der Waals surface area contributed by atoms with E-state index in [1.54, 1.807) is 29.1 Å². The number of imidazole rings is 1. The lowest BCUT2D eigenvalue weighted by atomic mass is 9.95. The van der Waals surface area contributed by atoms with Crippen LogP contribution in [-0.2, 0) is 13.0 Å². The van der Waals surface area contributed by atoms with Crippen LogP contribution in [0.5, 0.6) is 5.75 Å². The van der Waals surface area contributed by atoms with Gasteiger partial charge in [-0.25, -0.2) is 9.78 Å². The molecule has 2 aromatic carbocycles. The molecule has 3 heterocycles. The van der Waals surface area contributed by atoms with Crippen LogP contribution in [0.15, 0.2) is 64.1 Å². The summed E-state index contributed by atoms with van der Waals surface area (Å²) >= 11 is 0. The summed E-state index contributed by atoms with van der Waals surface area (Å²) in [5.74, 6) is -0.107. The van der Waals surface area contributed by atoms with E-state index in [9.17, 15) is 9.90 Å². The van der Waals surface area contributed by atoms with Crippen molar-refractivity contribution in [3.63, 3.8) is 0 Å². The van der Waals surface area contributed by atoms with Crippen LogP contribution in [0.25, 0.3) is 11.1 Å². The van der Waals surface area contributed by atoms with Crippen molar-refractivity contribution in [3.05, 3.63) is 82.4 Å². The predicted octanol–water partition coefficient (Wildman–Crippen LogP) is 2.67. The van der Waals surface area contributed by atoms with Crippen LogP contribution in [0.2, 0.25) is 0 Å². The Morgan fingerprint density at radius 2 is 2.07 bits per heavy atom. The number of phenols is 1. The van der Waals surface area contributed by atoms with E-state index in [1.807, 2.05) is 30.3 Å². The van der Waals surface area contributed by atoms with E-state index in [4.69, 9.17) is 4.42 Å². The minimum absolute atomic E-state index is 0.0732. The highest BCUT2D eigenvalue weighted by Crippen LogP contribution is 2.34. The summed E-state index contributed by atoms with van der Waals surface area (Å²) in [6, 6.07) is 14.7. The van der Waals surface area contributed by atoms with Gasteiger partial charge in [0.25, 0.3) is 0 Å². The van der Waals surface area contributed by atoms with E-state index in [0.717, 1.165) is 35.4 Å². The number of hydrogen-bond acceptors (Lipinski definition) is 5. The Bertz CT molecular complexity index is 1190. The Morgan fingerprint density at radius 1 is 1.18 bits per heavy atom. The maximum absolute atomic E-state index is 12.3. The number of nitrogens with zero attached hydrogens (tertiary/aromatic N) is 3. The molecule has 0 fully saturated rings. The van der Waals surface area contributed by atoms with Crippen LogP contribution in [0.4, 0.5) is 0 Å². The zero-order valence-corrected chi connectivity index (χ0v) is 15.2. The molecule has 7 heteroatoms. The lowest BCUT2D eigenvalue weighted by Crippen LogP contribution is -2.39. The van der Waals surface area contributed by atoms with Gasteiger partial charge in [-0.15, -0.1) is 0 Å². The fraction of sp³-hybridized carbons (Fsp3) is 0.238. The first kappa shape index (κ1) is 16.8. The van der Waals surface area contributed by atoms with E-state index in [2.05, 4.69) is 14.9 Å². The predicted molar refractivity (Wildman–Crippen MR) is 104 cm³/mol. The molecule has 0 bridgehead atoms. The molecule has 142 valence electrons. The topological polar surface area (TPSA) is 87.3 Å². The van der Waals surface area contributed by atoms with Gasteiger partial charge in [0.15, 0.2) is 5.58 Å². The number of benzene rings is 2. The van der Waals surface area contributed by atoms with Crippen molar-refractivity contribution in [2.75, 3.05) is 13.1 Å². The molecule has 0 unspecified atom stereocenters. The Morgan fingerprint density at radius 3 is 2.96 bits per heavy atom. The van der Waals surface area contributed by atoms with Crippen LogP contribution in [-0.4, -0.2) is 37.6 Å². The van der Waals surface area contributed by atoms with Crippen molar-refractivity contribution < 1.29 is 9.52 Å². The van der Waals surface area contributed by atoms with Gasteiger partial charge in [-0.05, 0) is 29.8 Å². The third-order valence-corrected chi connectivity index (χ3v) is 5.40. The van der Waals surface area contributed by atoms with Crippen LogP contribution in [0.1, 0.15) is 23.0 Å². The number of aromatic amines is 1. The first-order chi connectivity index (χ1) is 13.7. The number of phenolic OH excluding ortho intramolecular Hbond substituents is 1. The fourth-order valence-corrected chi connectivity index (χ4v) is 4.08. The molecule has 0 saturated carbocycles. The Hall–Kier alpha value is -3.32. The van der Waals surface area contributed by atoms with Crippen LogP contribution in [0, 0.1) is 0 Å². The highest BCUT2D eigenvalue weighted by molar-refractivity contribution is 5.72. The number of aromatic nitrogens is 3. The molecular weight excluding hydrogens is 356 g/mol.